The van der Waals surface area contributed by atoms with Crippen molar-refractivity contribution < 1.29 is 0 Å². The van der Waals surface area contributed by atoms with Gasteiger partial charge in [-0.3, -0.25) is 0 Å². The Morgan fingerprint density at radius 2 is 1.38 bits per heavy atom. The van der Waals surface area contributed by atoms with Crippen molar-refractivity contribution in [2.24, 2.45) is 4.99 Å². The van der Waals surface area contributed by atoms with E-state index in [1.54, 1.807) is 3.12 Å². The molecule has 9 aromatic rings. The van der Waals surface area contributed by atoms with Gasteiger partial charge >= 0.3 is 354 Å². The van der Waals surface area contributed by atoms with Gasteiger partial charge in [-0.2, -0.15) is 0 Å². The van der Waals surface area contributed by atoms with E-state index in [1.165, 1.54) is 77.2 Å². The molecule has 6 heteroatoms. The van der Waals surface area contributed by atoms with Crippen molar-refractivity contribution in [2.75, 3.05) is 4.90 Å². The first-order valence-electron chi connectivity index (χ1n) is 20.3. The minimum atomic E-state index is -3.00. The molecule has 0 aliphatic carbocycles. The van der Waals surface area contributed by atoms with E-state index in [-0.39, 0.29) is 15.6 Å². The molecule has 0 bridgehead atoms. The molecule has 1 N–H and O–H groups in total. The number of nitrogens with one attached hydrogen (secondary N) is 1. The molecule has 276 valence electrons. The molecule has 0 amide bonds. The number of nitrogens with zero attached hydrogens (tertiary/aromatic N) is 3. The number of thiol groups is 1. The van der Waals surface area contributed by atoms with E-state index >= 15 is 0 Å². The van der Waals surface area contributed by atoms with Crippen LogP contribution in [0.2, 0.25) is 0 Å². The van der Waals surface area contributed by atoms with Gasteiger partial charge in [0.15, 0.2) is 0 Å². The molecule has 0 saturated carbocycles. The molecule has 0 saturated heterocycles. The van der Waals surface area contributed by atoms with E-state index in [4.69, 9.17) is 17.6 Å². The van der Waals surface area contributed by atoms with Gasteiger partial charge in [-0.1, -0.05) is 0 Å². The molecule has 3 atom stereocenters. The second-order valence-electron chi connectivity index (χ2n) is 16.1. The summed E-state index contributed by atoms with van der Waals surface area (Å²) in [6.45, 7) is 4.56. The monoisotopic (exact) mass is 956 g/mol. The molecule has 12 rings (SSSR count). The Labute approximate surface area is 351 Å². The molecule has 58 heavy (non-hydrogen) atoms. The number of hydrogen-bond donors (Lipinski definition) is 2. The zero-order chi connectivity index (χ0) is 38.6. The Morgan fingerprint density at radius 3 is 2.21 bits per heavy atom. The third-order valence-corrected chi connectivity index (χ3v) is 25.5. The standard InChI is InChI=1S/C52H39N4S.Tl/c1-4-35-18-6-7-19-36(35)32-55(48-30-29-41-40-23-11-14-26-46(40)56-47-27-15-12-25-43(47)50(48)51(41)56)52-53-44(31-45(54-52)42-24-13-16-28-49(42)57)34(3)38-21-9-10-22-39(38)37-20-8-5-17-33(37)2;/h1,4-29,31-32,34,44,57H,2-3H3,(H,53,54);. The number of rotatable bonds is 4. The summed E-state index contributed by atoms with van der Waals surface area (Å²) >= 11 is 2.03. The maximum atomic E-state index is 5.87. The molecule has 0 fully saturated rings. The zero-order valence-corrected chi connectivity index (χ0v) is 37.6. The van der Waals surface area contributed by atoms with Crippen molar-refractivity contribution in [2.45, 2.75) is 34.3 Å². The summed E-state index contributed by atoms with van der Waals surface area (Å²) in [7, 11) is 0. The van der Waals surface area contributed by atoms with Crippen molar-refractivity contribution in [1.29, 1.82) is 0 Å². The van der Waals surface area contributed by atoms with Crippen LogP contribution in [0.5, 0.6) is 0 Å². The number of anilines is 1. The first-order chi connectivity index (χ1) is 28.5. The third kappa shape index (κ3) is 4.96. The van der Waals surface area contributed by atoms with Gasteiger partial charge in [0, 0.05) is 0 Å². The minimum absolute atomic E-state index is 0.0804. The molecule has 2 aromatic heterocycles. The maximum absolute atomic E-state index is 5.87. The molecular weight excluding hydrogens is 917 g/mol. The normalized spacial score (nSPS) is 17.7. The van der Waals surface area contributed by atoms with Gasteiger partial charge in [0.1, 0.15) is 0 Å². The fourth-order valence-electron chi connectivity index (χ4n) is 10.4. The summed E-state index contributed by atoms with van der Waals surface area (Å²) in [5.41, 5.74) is 15.1. The average molecular weight is 956 g/mol. The summed E-state index contributed by atoms with van der Waals surface area (Å²) in [4.78, 5) is 9.49. The summed E-state index contributed by atoms with van der Waals surface area (Å²) in [5.74, 6) is 0.998. The van der Waals surface area contributed by atoms with Crippen molar-refractivity contribution >= 4 is 100.0 Å². The topological polar surface area (TPSA) is 32.0 Å². The molecule has 0 spiro atoms. The number of benzene rings is 7. The van der Waals surface area contributed by atoms with Crippen molar-refractivity contribution in [3.63, 3.8) is 0 Å². The van der Waals surface area contributed by atoms with Gasteiger partial charge in [0.25, 0.3) is 0 Å². The Bertz CT molecular complexity index is 3250. The average Bonchev–Trinajstić information content (AvgIpc) is 3.91. The predicted octanol–water partition coefficient (Wildman–Crippen LogP) is 11.6. The number of aliphatic imine (C=N–C) groups is 1. The first-order valence-corrected chi connectivity index (χ1v) is 28.2. The van der Waals surface area contributed by atoms with E-state index in [0.717, 1.165) is 22.1 Å². The fraction of sp³-hybridized carbons (Fsp3) is 0.0962. The number of guanidine groups is 1. The van der Waals surface area contributed by atoms with Crippen LogP contribution >= 0.6 is 12.6 Å². The van der Waals surface area contributed by atoms with Crippen LogP contribution in [0.4, 0.5) is 5.69 Å². The summed E-state index contributed by atoms with van der Waals surface area (Å²) < 4.78 is 6.95. The Hall–Kier alpha value is -5.64. The van der Waals surface area contributed by atoms with E-state index in [0.29, 0.717) is 0 Å². The van der Waals surface area contributed by atoms with Crippen LogP contribution in [0.1, 0.15) is 44.3 Å². The quantitative estimate of drug-likeness (QED) is 0.136. The second-order valence-corrected chi connectivity index (χ2v) is 27.1. The van der Waals surface area contributed by atoms with Crippen LogP contribution in [-0.4, -0.2) is 39.1 Å². The fourth-order valence-corrected chi connectivity index (χ4v) is 24.0. The van der Waals surface area contributed by atoms with Crippen LogP contribution in [0.25, 0.3) is 61.0 Å². The summed E-state index contributed by atoms with van der Waals surface area (Å²) in [5, 5.41) is 9.32. The van der Waals surface area contributed by atoms with Crippen LogP contribution in [0.3, 0.4) is 0 Å². The van der Waals surface area contributed by atoms with Crippen LogP contribution in [0, 0.1) is 6.92 Å². The zero-order valence-electron chi connectivity index (χ0n) is 32.3. The predicted molar refractivity (Wildman–Crippen MR) is 248 cm³/mol. The van der Waals surface area contributed by atoms with Crippen molar-refractivity contribution in [3.05, 3.63) is 189 Å². The van der Waals surface area contributed by atoms with Gasteiger partial charge in [-0.15, -0.1) is 0 Å². The van der Waals surface area contributed by atoms with Gasteiger partial charge < -0.3 is 0 Å². The first kappa shape index (κ1) is 34.4. The summed E-state index contributed by atoms with van der Waals surface area (Å²) in [6, 6.07) is 55.6. The van der Waals surface area contributed by atoms with E-state index in [2.05, 4.69) is 196 Å². The van der Waals surface area contributed by atoms with Crippen molar-refractivity contribution in [3.8, 4) is 11.1 Å². The van der Waals surface area contributed by atoms with Gasteiger partial charge in [-0.05, 0) is 0 Å². The Morgan fingerprint density at radius 1 is 0.707 bits per heavy atom. The van der Waals surface area contributed by atoms with Crippen LogP contribution < -0.4 is 13.3 Å². The molecule has 3 aliphatic heterocycles. The molecule has 3 unspecified atom stereocenters. The number of aromatic nitrogens is 1. The second kappa shape index (κ2) is 13.2. The van der Waals surface area contributed by atoms with Crippen molar-refractivity contribution in [1.82, 2.24) is 9.72 Å². The van der Waals surface area contributed by atoms with Crippen LogP contribution in [0.15, 0.2) is 171 Å². The molecule has 4 nitrogen and oxygen atoms in total. The number of fused-ring (bicyclic) bond motifs is 12. The van der Waals surface area contributed by atoms with Gasteiger partial charge in [0.2, 0.25) is 0 Å². The van der Waals surface area contributed by atoms with E-state index in [1.807, 2.05) is 0 Å². The number of aryl methyl sites for hydroxylation is 1. The molecule has 3 aliphatic rings. The Balaban J connectivity index is 1.13. The van der Waals surface area contributed by atoms with Gasteiger partial charge in [0.05, 0.1) is 0 Å². The van der Waals surface area contributed by atoms with E-state index < -0.39 is 22.7 Å². The Kier molecular flexibility index (Phi) is 7.83. The van der Waals surface area contributed by atoms with Crippen LogP contribution in [-0.2, 0) is 0 Å². The molecule has 7 aromatic carbocycles. The number of para-hydroxylation sites is 2. The number of hydrogen-bond acceptors (Lipinski definition) is 4. The summed E-state index contributed by atoms with van der Waals surface area (Å²) in [6.07, 6.45) is 4.78. The van der Waals surface area contributed by atoms with E-state index in [9.17, 15) is 0 Å². The SMILES string of the molecule is Cc1ccccc1-c1ccccc1C(C)C1C=C(c2ccccc2S)NC(N2c3[c](cc4c5ccccc5n5c6ccccc6c3c45)[Tl]3[CH]=Cc4ccccc4[CH]23)=N1. The molecular formula is C52H39N4STl. The van der Waals surface area contributed by atoms with Gasteiger partial charge in [-0.25, -0.2) is 0 Å². The molecule has 0 radical (unpaired) electrons. The third-order valence-electron chi connectivity index (χ3n) is 13.1. The molecule has 5 heterocycles.